The topological polar surface area (TPSA) is 80.9 Å². The molecule has 0 spiro atoms. The van der Waals surface area contributed by atoms with Gasteiger partial charge in [0.15, 0.2) is 5.13 Å². The van der Waals surface area contributed by atoms with Crippen LogP contribution in [0.1, 0.15) is 27.3 Å². The van der Waals surface area contributed by atoms with Crippen LogP contribution < -0.4 is 11.1 Å². The second kappa shape index (κ2) is 4.79. The first-order valence-corrected chi connectivity index (χ1v) is 7.04. The van der Waals surface area contributed by atoms with Crippen molar-refractivity contribution in [3.63, 3.8) is 0 Å². The number of carbonyl (C=O) groups excluding carboxylic acids is 1. The number of pyridine rings is 1. The summed E-state index contributed by atoms with van der Waals surface area (Å²) in [4.78, 5) is 21.6. The molecule has 7 heteroatoms. The highest BCUT2D eigenvalue weighted by Gasteiger charge is 2.19. The van der Waals surface area contributed by atoms with Crippen LogP contribution in [0, 0.1) is 0 Å². The highest BCUT2D eigenvalue weighted by molar-refractivity contribution is 7.16. The molecule has 0 bridgehead atoms. The van der Waals surface area contributed by atoms with Crippen molar-refractivity contribution >= 4 is 39.7 Å². The number of nitrogens with two attached hydrogens (primary N) is 1. The van der Waals surface area contributed by atoms with Crippen LogP contribution in [0.3, 0.4) is 0 Å². The van der Waals surface area contributed by atoms with E-state index in [2.05, 4.69) is 15.3 Å². The number of hydrogen-bond acceptors (Lipinski definition) is 5. The van der Waals surface area contributed by atoms with E-state index in [-0.39, 0.29) is 11.1 Å². The Hall–Kier alpha value is -1.66. The Labute approximate surface area is 118 Å². The van der Waals surface area contributed by atoms with E-state index in [0.717, 1.165) is 25.0 Å². The zero-order valence-electron chi connectivity index (χ0n) is 9.94. The SMILES string of the molecule is Nc1cnc(Cl)cc1C(=O)Nc1nc2c(s1)CCC2. The van der Waals surface area contributed by atoms with E-state index in [0.29, 0.717) is 16.4 Å². The Morgan fingerprint density at radius 1 is 1.47 bits per heavy atom. The maximum absolute atomic E-state index is 12.1. The monoisotopic (exact) mass is 294 g/mol. The summed E-state index contributed by atoms with van der Waals surface area (Å²) in [7, 11) is 0. The third kappa shape index (κ3) is 2.41. The van der Waals surface area contributed by atoms with Crippen molar-refractivity contribution < 1.29 is 4.79 Å². The molecule has 2 heterocycles. The molecule has 98 valence electrons. The fraction of sp³-hybridized carbons (Fsp3) is 0.250. The lowest BCUT2D eigenvalue weighted by Gasteiger charge is -2.05. The van der Waals surface area contributed by atoms with Crippen LogP contribution in [0.4, 0.5) is 10.8 Å². The Balaban J connectivity index is 1.82. The zero-order valence-corrected chi connectivity index (χ0v) is 11.5. The standard InChI is InChI=1S/C12H11ClN4OS/c13-10-4-6(7(14)5-15-10)11(18)17-12-16-8-2-1-3-9(8)19-12/h4-5H,1-3,14H2,(H,16,17,18). The van der Waals surface area contributed by atoms with Crippen LogP contribution in [0.25, 0.3) is 0 Å². The number of hydrogen-bond donors (Lipinski definition) is 2. The van der Waals surface area contributed by atoms with Gasteiger partial charge in [-0.25, -0.2) is 9.97 Å². The van der Waals surface area contributed by atoms with Crippen LogP contribution in [0.5, 0.6) is 0 Å². The van der Waals surface area contributed by atoms with Crippen LogP contribution >= 0.6 is 22.9 Å². The fourth-order valence-corrected chi connectivity index (χ4v) is 3.25. The van der Waals surface area contributed by atoms with Crippen LogP contribution in [0.2, 0.25) is 5.15 Å². The maximum Gasteiger partial charge on any atom is 0.259 e. The Morgan fingerprint density at radius 3 is 3.11 bits per heavy atom. The van der Waals surface area contributed by atoms with E-state index in [4.69, 9.17) is 17.3 Å². The third-order valence-electron chi connectivity index (χ3n) is 2.96. The van der Waals surface area contributed by atoms with Crippen molar-refractivity contribution in [3.05, 3.63) is 33.6 Å². The minimum absolute atomic E-state index is 0.237. The summed E-state index contributed by atoms with van der Waals surface area (Å²) in [6.07, 6.45) is 4.56. The molecule has 0 saturated carbocycles. The minimum Gasteiger partial charge on any atom is -0.397 e. The number of thiazole rings is 1. The van der Waals surface area contributed by atoms with E-state index in [1.54, 1.807) is 0 Å². The van der Waals surface area contributed by atoms with Crippen LogP contribution in [-0.4, -0.2) is 15.9 Å². The van der Waals surface area contributed by atoms with E-state index < -0.39 is 0 Å². The van der Waals surface area contributed by atoms with Crippen molar-refractivity contribution in [1.29, 1.82) is 0 Å². The molecule has 0 aromatic carbocycles. The van der Waals surface area contributed by atoms with Gasteiger partial charge in [-0.3, -0.25) is 10.1 Å². The van der Waals surface area contributed by atoms with Crippen molar-refractivity contribution in [2.75, 3.05) is 11.1 Å². The maximum atomic E-state index is 12.1. The van der Waals surface area contributed by atoms with Crippen LogP contribution in [0.15, 0.2) is 12.3 Å². The number of nitrogens with zero attached hydrogens (tertiary/aromatic N) is 2. The number of halogens is 1. The predicted octanol–water partition coefficient (Wildman–Crippen LogP) is 2.51. The summed E-state index contributed by atoms with van der Waals surface area (Å²) in [6.45, 7) is 0. The van der Waals surface area contributed by atoms with Gasteiger partial charge in [-0.05, 0) is 25.3 Å². The molecule has 1 aliphatic rings. The lowest BCUT2D eigenvalue weighted by molar-refractivity contribution is 0.102. The van der Waals surface area contributed by atoms with E-state index >= 15 is 0 Å². The number of rotatable bonds is 2. The summed E-state index contributed by atoms with van der Waals surface area (Å²) < 4.78 is 0. The van der Waals surface area contributed by atoms with Crippen molar-refractivity contribution in [1.82, 2.24) is 9.97 Å². The van der Waals surface area contributed by atoms with E-state index in [9.17, 15) is 4.79 Å². The molecule has 0 unspecified atom stereocenters. The van der Waals surface area contributed by atoms with Gasteiger partial charge in [0.25, 0.3) is 5.91 Å². The number of amides is 1. The third-order valence-corrected chi connectivity index (χ3v) is 4.24. The molecule has 0 aliphatic heterocycles. The zero-order chi connectivity index (χ0) is 13.4. The summed E-state index contributed by atoms with van der Waals surface area (Å²) in [5, 5.41) is 3.61. The average Bonchev–Trinajstić information content (AvgIpc) is 2.92. The minimum atomic E-state index is -0.311. The van der Waals surface area contributed by atoms with Gasteiger partial charge < -0.3 is 5.73 Å². The molecule has 2 aromatic rings. The van der Waals surface area contributed by atoms with Gasteiger partial charge in [0, 0.05) is 4.88 Å². The lowest BCUT2D eigenvalue weighted by atomic mass is 10.2. The number of nitrogen functional groups attached to an aromatic ring is 1. The normalized spacial score (nSPS) is 13.3. The summed E-state index contributed by atoms with van der Waals surface area (Å²) in [5.74, 6) is -0.311. The van der Waals surface area contributed by atoms with Gasteiger partial charge in [-0.2, -0.15) is 0 Å². The molecule has 0 atom stereocenters. The van der Waals surface area contributed by atoms with Gasteiger partial charge in [0.2, 0.25) is 0 Å². The molecule has 0 saturated heterocycles. The predicted molar refractivity (Wildman–Crippen MR) is 75.8 cm³/mol. The quantitative estimate of drug-likeness (QED) is 0.834. The number of aryl methyl sites for hydroxylation is 2. The smallest absolute Gasteiger partial charge is 0.259 e. The second-order valence-corrected chi connectivity index (χ2v) is 5.76. The van der Waals surface area contributed by atoms with Gasteiger partial charge in [-0.1, -0.05) is 11.6 Å². The molecule has 1 aliphatic carbocycles. The first-order valence-electron chi connectivity index (χ1n) is 5.84. The largest absolute Gasteiger partial charge is 0.397 e. The lowest BCUT2D eigenvalue weighted by Crippen LogP contribution is -2.14. The number of carbonyl (C=O) groups is 1. The summed E-state index contributed by atoms with van der Waals surface area (Å²) >= 11 is 7.29. The van der Waals surface area contributed by atoms with Gasteiger partial charge >= 0.3 is 0 Å². The molecule has 1 amide bonds. The average molecular weight is 295 g/mol. The summed E-state index contributed by atoms with van der Waals surface area (Å²) in [6, 6.07) is 1.45. The number of anilines is 2. The number of nitrogens with one attached hydrogen (secondary N) is 1. The van der Waals surface area contributed by atoms with Gasteiger partial charge in [0.1, 0.15) is 5.15 Å². The fourth-order valence-electron chi connectivity index (χ4n) is 2.05. The molecule has 3 N–H and O–H groups in total. The highest BCUT2D eigenvalue weighted by Crippen LogP contribution is 2.30. The Kier molecular flexibility index (Phi) is 3.12. The van der Waals surface area contributed by atoms with Crippen molar-refractivity contribution in [3.8, 4) is 0 Å². The molecule has 0 radical (unpaired) electrons. The molecular formula is C12H11ClN4OS. The van der Waals surface area contributed by atoms with Gasteiger partial charge in [-0.15, -0.1) is 11.3 Å². The Bertz CT molecular complexity index is 634. The van der Waals surface area contributed by atoms with Crippen molar-refractivity contribution in [2.45, 2.75) is 19.3 Å². The van der Waals surface area contributed by atoms with Gasteiger partial charge in [0.05, 0.1) is 23.1 Å². The molecule has 0 fully saturated rings. The highest BCUT2D eigenvalue weighted by atomic mass is 35.5. The van der Waals surface area contributed by atoms with E-state index in [1.807, 2.05) is 0 Å². The second-order valence-electron chi connectivity index (χ2n) is 4.29. The molecule has 3 rings (SSSR count). The first kappa shape index (κ1) is 12.4. The Morgan fingerprint density at radius 2 is 2.32 bits per heavy atom. The van der Waals surface area contributed by atoms with Crippen LogP contribution in [-0.2, 0) is 12.8 Å². The molecule has 5 nitrogen and oxygen atoms in total. The molecular weight excluding hydrogens is 284 g/mol. The first-order chi connectivity index (χ1) is 9.13. The molecule has 19 heavy (non-hydrogen) atoms. The number of fused-ring (bicyclic) bond motifs is 1. The molecule has 2 aromatic heterocycles. The number of aromatic nitrogens is 2. The van der Waals surface area contributed by atoms with E-state index in [1.165, 1.54) is 28.5 Å². The van der Waals surface area contributed by atoms with Crippen molar-refractivity contribution in [2.24, 2.45) is 0 Å². The summed E-state index contributed by atoms with van der Waals surface area (Å²) in [5.41, 5.74) is 7.43.